The monoisotopic (exact) mass is 163 g/mol. The zero-order valence-corrected chi connectivity index (χ0v) is 6.85. The standard InChI is InChI=1S/C7H18FN3/c8-7(6-10)2-5-11-4-1-3-9/h7,11H,1-6,9-10H2. The van der Waals surface area contributed by atoms with Crippen molar-refractivity contribution in [2.45, 2.75) is 19.0 Å². The fourth-order valence-electron chi connectivity index (χ4n) is 0.729. The number of hydrogen-bond acceptors (Lipinski definition) is 3. The number of halogens is 1. The van der Waals surface area contributed by atoms with Gasteiger partial charge in [0.15, 0.2) is 0 Å². The first-order chi connectivity index (χ1) is 5.31. The second-order valence-electron chi connectivity index (χ2n) is 2.51. The van der Waals surface area contributed by atoms with Crippen LogP contribution in [0.2, 0.25) is 0 Å². The van der Waals surface area contributed by atoms with Gasteiger partial charge in [-0.2, -0.15) is 0 Å². The van der Waals surface area contributed by atoms with E-state index in [9.17, 15) is 4.39 Å². The van der Waals surface area contributed by atoms with Crippen LogP contribution in [0.3, 0.4) is 0 Å². The maximum atomic E-state index is 12.5. The van der Waals surface area contributed by atoms with Gasteiger partial charge in [0.25, 0.3) is 0 Å². The van der Waals surface area contributed by atoms with Gasteiger partial charge in [0.05, 0.1) is 0 Å². The summed E-state index contributed by atoms with van der Waals surface area (Å²) in [6, 6.07) is 0. The van der Waals surface area contributed by atoms with Crippen molar-refractivity contribution < 1.29 is 4.39 Å². The lowest BCUT2D eigenvalue weighted by molar-refractivity contribution is 0.318. The van der Waals surface area contributed by atoms with Crippen molar-refractivity contribution in [2.24, 2.45) is 11.5 Å². The summed E-state index contributed by atoms with van der Waals surface area (Å²) in [5.74, 6) is 0. The Bertz CT molecular complexity index is 80.1. The molecule has 0 radical (unpaired) electrons. The maximum Gasteiger partial charge on any atom is 0.113 e. The second kappa shape index (κ2) is 7.91. The number of hydrogen-bond donors (Lipinski definition) is 3. The largest absolute Gasteiger partial charge is 0.330 e. The van der Waals surface area contributed by atoms with E-state index in [1.807, 2.05) is 0 Å². The molecule has 0 aromatic heterocycles. The Morgan fingerprint density at radius 2 is 2.00 bits per heavy atom. The summed E-state index contributed by atoms with van der Waals surface area (Å²) >= 11 is 0. The maximum absolute atomic E-state index is 12.5. The SMILES string of the molecule is NCCCNCCC(F)CN. The summed E-state index contributed by atoms with van der Waals surface area (Å²) in [7, 11) is 0. The first-order valence-electron chi connectivity index (χ1n) is 4.06. The minimum absolute atomic E-state index is 0.124. The number of nitrogens with two attached hydrogens (primary N) is 2. The van der Waals surface area contributed by atoms with Gasteiger partial charge in [-0.05, 0) is 32.5 Å². The zero-order chi connectivity index (χ0) is 8.53. The van der Waals surface area contributed by atoms with Crippen molar-refractivity contribution in [3.05, 3.63) is 0 Å². The molecule has 0 heterocycles. The van der Waals surface area contributed by atoms with Gasteiger partial charge < -0.3 is 16.8 Å². The van der Waals surface area contributed by atoms with Gasteiger partial charge in [-0.25, -0.2) is 4.39 Å². The van der Waals surface area contributed by atoms with E-state index in [4.69, 9.17) is 11.5 Å². The van der Waals surface area contributed by atoms with Crippen LogP contribution in [0.4, 0.5) is 4.39 Å². The average molecular weight is 163 g/mol. The van der Waals surface area contributed by atoms with Crippen LogP contribution in [0.5, 0.6) is 0 Å². The van der Waals surface area contributed by atoms with Crippen molar-refractivity contribution in [3.63, 3.8) is 0 Å². The fourth-order valence-corrected chi connectivity index (χ4v) is 0.729. The van der Waals surface area contributed by atoms with Crippen LogP contribution in [0.1, 0.15) is 12.8 Å². The molecule has 1 unspecified atom stereocenters. The number of nitrogens with one attached hydrogen (secondary N) is 1. The molecule has 11 heavy (non-hydrogen) atoms. The molecule has 0 amide bonds. The van der Waals surface area contributed by atoms with E-state index in [1.54, 1.807) is 0 Å². The Labute approximate surface area is 67.3 Å². The highest BCUT2D eigenvalue weighted by Crippen LogP contribution is 1.92. The van der Waals surface area contributed by atoms with Crippen LogP contribution in [0.15, 0.2) is 0 Å². The Morgan fingerprint density at radius 3 is 2.55 bits per heavy atom. The Kier molecular flexibility index (Phi) is 7.78. The van der Waals surface area contributed by atoms with E-state index in [0.717, 1.165) is 13.0 Å². The normalized spacial score (nSPS) is 13.4. The molecular formula is C7H18FN3. The smallest absolute Gasteiger partial charge is 0.113 e. The Morgan fingerprint density at radius 1 is 1.27 bits per heavy atom. The summed E-state index contributed by atoms with van der Waals surface area (Å²) in [5.41, 5.74) is 10.4. The van der Waals surface area contributed by atoms with E-state index < -0.39 is 6.17 Å². The van der Waals surface area contributed by atoms with Gasteiger partial charge >= 0.3 is 0 Å². The van der Waals surface area contributed by atoms with Crippen LogP contribution in [-0.4, -0.2) is 32.4 Å². The molecule has 0 saturated heterocycles. The molecule has 0 aliphatic heterocycles. The van der Waals surface area contributed by atoms with Crippen molar-refractivity contribution in [2.75, 3.05) is 26.2 Å². The Balaban J connectivity index is 2.89. The van der Waals surface area contributed by atoms with Crippen molar-refractivity contribution in [3.8, 4) is 0 Å². The molecule has 0 aromatic carbocycles. The lowest BCUT2D eigenvalue weighted by Crippen LogP contribution is -2.24. The highest BCUT2D eigenvalue weighted by atomic mass is 19.1. The number of rotatable bonds is 7. The van der Waals surface area contributed by atoms with Crippen LogP contribution < -0.4 is 16.8 Å². The lowest BCUT2D eigenvalue weighted by atomic mass is 10.3. The summed E-state index contributed by atoms with van der Waals surface area (Å²) < 4.78 is 12.5. The van der Waals surface area contributed by atoms with Gasteiger partial charge in [-0.3, -0.25) is 0 Å². The summed E-state index contributed by atoms with van der Waals surface area (Å²) in [5, 5.41) is 3.08. The molecule has 0 aliphatic rings. The molecule has 0 bridgehead atoms. The molecule has 0 fully saturated rings. The summed E-state index contributed by atoms with van der Waals surface area (Å²) in [6.07, 6.45) is 0.584. The third kappa shape index (κ3) is 7.71. The van der Waals surface area contributed by atoms with Gasteiger partial charge in [-0.15, -0.1) is 0 Å². The van der Waals surface area contributed by atoms with Crippen molar-refractivity contribution in [1.82, 2.24) is 5.32 Å². The molecule has 0 spiro atoms. The minimum atomic E-state index is -0.861. The van der Waals surface area contributed by atoms with E-state index >= 15 is 0 Å². The predicted molar refractivity (Wildman–Crippen MR) is 45.1 cm³/mol. The molecule has 0 aliphatic carbocycles. The van der Waals surface area contributed by atoms with Crippen LogP contribution in [0, 0.1) is 0 Å². The summed E-state index contributed by atoms with van der Waals surface area (Å²) in [4.78, 5) is 0. The van der Waals surface area contributed by atoms with Crippen LogP contribution >= 0.6 is 0 Å². The van der Waals surface area contributed by atoms with Crippen molar-refractivity contribution in [1.29, 1.82) is 0 Å². The van der Waals surface area contributed by atoms with Crippen molar-refractivity contribution >= 4 is 0 Å². The highest BCUT2D eigenvalue weighted by Gasteiger charge is 2.00. The molecule has 0 saturated carbocycles. The third-order valence-corrected chi connectivity index (χ3v) is 1.45. The minimum Gasteiger partial charge on any atom is -0.330 e. The van der Waals surface area contributed by atoms with E-state index in [-0.39, 0.29) is 6.54 Å². The summed E-state index contributed by atoms with van der Waals surface area (Å²) in [6.45, 7) is 2.37. The van der Waals surface area contributed by atoms with E-state index in [1.165, 1.54) is 0 Å². The van der Waals surface area contributed by atoms with Gasteiger partial charge in [0.2, 0.25) is 0 Å². The lowest BCUT2D eigenvalue weighted by Gasteiger charge is -2.05. The predicted octanol–water partition coefficient (Wildman–Crippen LogP) is -0.388. The Hall–Kier alpha value is -0.190. The van der Waals surface area contributed by atoms with Gasteiger partial charge in [-0.1, -0.05) is 0 Å². The third-order valence-electron chi connectivity index (χ3n) is 1.45. The first-order valence-corrected chi connectivity index (χ1v) is 4.06. The van der Waals surface area contributed by atoms with Gasteiger partial charge in [0, 0.05) is 6.54 Å². The number of alkyl halides is 1. The van der Waals surface area contributed by atoms with Gasteiger partial charge in [0.1, 0.15) is 6.17 Å². The fraction of sp³-hybridized carbons (Fsp3) is 1.00. The zero-order valence-electron chi connectivity index (χ0n) is 6.85. The molecule has 0 aromatic rings. The molecular weight excluding hydrogens is 145 g/mol. The average Bonchev–Trinajstić information content (AvgIpc) is 2.04. The molecule has 4 heteroatoms. The van der Waals surface area contributed by atoms with E-state index in [0.29, 0.717) is 19.5 Å². The van der Waals surface area contributed by atoms with Crippen LogP contribution in [-0.2, 0) is 0 Å². The second-order valence-corrected chi connectivity index (χ2v) is 2.51. The van der Waals surface area contributed by atoms with E-state index in [2.05, 4.69) is 5.32 Å². The molecule has 1 atom stereocenters. The molecule has 68 valence electrons. The quantitative estimate of drug-likeness (QED) is 0.448. The highest BCUT2D eigenvalue weighted by molar-refractivity contribution is 4.58. The molecule has 3 nitrogen and oxygen atoms in total. The topological polar surface area (TPSA) is 64.1 Å². The molecule has 5 N–H and O–H groups in total. The van der Waals surface area contributed by atoms with Crippen LogP contribution in [0.25, 0.3) is 0 Å². The first kappa shape index (κ1) is 10.8. The molecule has 0 rings (SSSR count).